The molecule has 0 spiro atoms. The molecule has 0 unspecified atom stereocenters. The number of furan rings is 1. The normalized spacial score (nSPS) is 27.2. The summed E-state index contributed by atoms with van der Waals surface area (Å²) in [4.78, 5) is 0. The molecule has 3 nitrogen and oxygen atoms in total. The fraction of sp³-hybridized carbons (Fsp3) is 0.615. The van der Waals surface area contributed by atoms with Crippen LogP contribution in [0.2, 0.25) is 0 Å². The molecule has 2 atom stereocenters. The lowest BCUT2D eigenvalue weighted by Gasteiger charge is -2.37. The maximum Gasteiger partial charge on any atom is 0.149 e. The summed E-state index contributed by atoms with van der Waals surface area (Å²) in [6.07, 6.45) is 5.48. The SMILES string of the molecule is C/C(=N/N1[C@@H](C)CCC[C@@H]1C)c1ccco1. The number of hydrazone groups is 1. The van der Waals surface area contributed by atoms with Gasteiger partial charge in [-0.3, -0.25) is 5.01 Å². The van der Waals surface area contributed by atoms with Crippen molar-refractivity contribution in [1.29, 1.82) is 0 Å². The van der Waals surface area contributed by atoms with Crippen LogP contribution in [0, 0.1) is 0 Å². The van der Waals surface area contributed by atoms with Gasteiger partial charge in [0.15, 0.2) is 0 Å². The number of hydrogen-bond donors (Lipinski definition) is 0. The fourth-order valence-corrected chi connectivity index (χ4v) is 2.31. The molecule has 16 heavy (non-hydrogen) atoms. The Morgan fingerprint density at radius 3 is 2.62 bits per heavy atom. The van der Waals surface area contributed by atoms with Gasteiger partial charge in [-0.1, -0.05) is 0 Å². The Morgan fingerprint density at radius 1 is 1.38 bits per heavy atom. The van der Waals surface area contributed by atoms with Gasteiger partial charge in [0.1, 0.15) is 5.76 Å². The summed E-state index contributed by atoms with van der Waals surface area (Å²) in [5.74, 6) is 0.866. The van der Waals surface area contributed by atoms with E-state index in [0.717, 1.165) is 11.5 Å². The molecule has 88 valence electrons. The molecule has 1 fully saturated rings. The van der Waals surface area contributed by atoms with Gasteiger partial charge in [0, 0.05) is 12.1 Å². The monoisotopic (exact) mass is 220 g/mol. The maximum absolute atomic E-state index is 5.35. The zero-order valence-electron chi connectivity index (χ0n) is 10.3. The van der Waals surface area contributed by atoms with Gasteiger partial charge in [-0.15, -0.1) is 0 Å². The fourth-order valence-electron chi connectivity index (χ4n) is 2.31. The van der Waals surface area contributed by atoms with Crippen molar-refractivity contribution in [2.24, 2.45) is 5.10 Å². The highest BCUT2D eigenvalue weighted by molar-refractivity contribution is 5.95. The third-order valence-electron chi connectivity index (χ3n) is 3.29. The number of nitrogens with zero attached hydrogens (tertiary/aromatic N) is 2. The zero-order chi connectivity index (χ0) is 11.5. The molecular formula is C13H20N2O. The minimum Gasteiger partial charge on any atom is -0.463 e. The van der Waals surface area contributed by atoms with E-state index in [9.17, 15) is 0 Å². The van der Waals surface area contributed by atoms with Crippen LogP contribution in [0.3, 0.4) is 0 Å². The van der Waals surface area contributed by atoms with Gasteiger partial charge in [-0.2, -0.15) is 5.10 Å². The molecule has 1 aromatic heterocycles. The molecule has 0 saturated carbocycles. The van der Waals surface area contributed by atoms with E-state index in [1.54, 1.807) is 6.26 Å². The average molecular weight is 220 g/mol. The van der Waals surface area contributed by atoms with Crippen molar-refractivity contribution in [3.05, 3.63) is 24.2 Å². The van der Waals surface area contributed by atoms with Crippen LogP contribution in [0.4, 0.5) is 0 Å². The minimum atomic E-state index is 0.536. The van der Waals surface area contributed by atoms with Gasteiger partial charge < -0.3 is 4.42 Å². The molecular weight excluding hydrogens is 200 g/mol. The molecule has 0 radical (unpaired) electrons. The van der Waals surface area contributed by atoms with Crippen molar-refractivity contribution in [3.8, 4) is 0 Å². The second kappa shape index (κ2) is 4.73. The van der Waals surface area contributed by atoms with Crippen molar-refractivity contribution < 1.29 is 4.42 Å². The smallest absolute Gasteiger partial charge is 0.149 e. The Balaban J connectivity index is 2.15. The summed E-state index contributed by atoms with van der Waals surface area (Å²) in [6.45, 7) is 6.50. The Hall–Kier alpha value is -1.25. The molecule has 0 aliphatic carbocycles. The topological polar surface area (TPSA) is 28.7 Å². The molecule has 0 amide bonds. The Labute approximate surface area is 97.1 Å². The molecule has 1 aromatic rings. The van der Waals surface area contributed by atoms with Crippen molar-refractivity contribution in [1.82, 2.24) is 5.01 Å². The van der Waals surface area contributed by atoms with Crippen LogP contribution in [0.25, 0.3) is 0 Å². The third kappa shape index (κ3) is 2.29. The first-order valence-electron chi connectivity index (χ1n) is 6.06. The van der Waals surface area contributed by atoms with Gasteiger partial charge in [0.05, 0.1) is 12.0 Å². The lowest BCUT2D eigenvalue weighted by Crippen LogP contribution is -2.40. The van der Waals surface area contributed by atoms with Crippen molar-refractivity contribution in [2.75, 3.05) is 0 Å². The standard InChI is InChI=1S/C13H20N2O/c1-10-6-4-7-11(2)15(10)14-12(3)13-8-5-9-16-13/h5,8-11H,4,6-7H2,1-3H3/b14-12-/t10-,11-/m0/s1. The first-order chi connectivity index (χ1) is 7.68. The largest absolute Gasteiger partial charge is 0.463 e. The van der Waals surface area contributed by atoms with Crippen LogP contribution >= 0.6 is 0 Å². The molecule has 1 aliphatic rings. The summed E-state index contributed by atoms with van der Waals surface area (Å²) < 4.78 is 5.35. The first-order valence-corrected chi connectivity index (χ1v) is 6.06. The second-order valence-corrected chi connectivity index (χ2v) is 4.67. The second-order valence-electron chi connectivity index (χ2n) is 4.67. The number of rotatable bonds is 2. The van der Waals surface area contributed by atoms with Crippen molar-refractivity contribution in [3.63, 3.8) is 0 Å². The molecule has 1 aliphatic heterocycles. The molecule has 2 heterocycles. The van der Waals surface area contributed by atoms with Crippen LogP contribution in [0.15, 0.2) is 27.9 Å². The minimum absolute atomic E-state index is 0.536. The Morgan fingerprint density at radius 2 is 2.06 bits per heavy atom. The lowest BCUT2D eigenvalue weighted by molar-refractivity contribution is 0.108. The number of piperidine rings is 1. The van der Waals surface area contributed by atoms with Crippen LogP contribution in [-0.4, -0.2) is 22.8 Å². The Bertz CT molecular complexity index is 346. The molecule has 3 heteroatoms. The molecule has 1 saturated heterocycles. The van der Waals surface area contributed by atoms with Gasteiger partial charge >= 0.3 is 0 Å². The highest BCUT2D eigenvalue weighted by Crippen LogP contribution is 2.23. The van der Waals surface area contributed by atoms with Crippen LogP contribution in [0.5, 0.6) is 0 Å². The molecule has 0 bridgehead atoms. The summed E-state index contributed by atoms with van der Waals surface area (Å²) in [7, 11) is 0. The van der Waals surface area contributed by atoms with E-state index in [-0.39, 0.29) is 0 Å². The predicted molar refractivity (Wildman–Crippen MR) is 65.5 cm³/mol. The number of hydrogen-bond acceptors (Lipinski definition) is 3. The van der Waals surface area contributed by atoms with E-state index in [0.29, 0.717) is 12.1 Å². The van der Waals surface area contributed by atoms with Crippen LogP contribution in [-0.2, 0) is 0 Å². The van der Waals surface area contributed by atoms with E-state index in [2.05, 4.69) is 18.9 Å². The van der Waals surface area contributed by atoms with Gasteiger partial charge in [0.2, 0.25) is 0 Å². The van der Waals surface area contributed by atoms with E-state index in [4.69, 9.17) is 9.52 Å². The van der Waals surface area contributed by atoms with Crippen LogP contribution in [0.1, 0.15) is 45.8 Å². The maximum atomic E-state index is 5.35. The van der Waals surface area contributed by atoms with E-state index in [1.807, 2.05) is 19.1 Å². The molecule has 2 rings (SSSR count). The van der Waals surface area contributed by atoms with Gasteiger partial charge in [-0.05, 0) is 52.2 Å². The highest BCUT2D eigenvalue weighted by atomic mass is 16.3. The van der Waals surface area contributed by atoms with Gasteiger partial charge in [-0.25, -0.2) is 0 Å². The average Bonchev–Trinajstić information content (AvgIpc) is 2.76. The zero-order valence-corrected chi connectivity index (χ0v) is 10.3. The molecule has 0 aromatic carbocycles. The van der Waals surface area contributed by atoms with E-state index in [1.165, 1.54) is 19.3 Å². The van der Waals surface area contributed by atoms with Crippen molar-refractivity contribution in [2.45, 2.75) is 52.1 Å². The van der Waals surface area contributed by atoms with E-state index < -0.39 is 0 Å². The first kappa shape index (κ1) is 11.2. The third-order valence-corrected chi connectivity index (χ3v) is 3.29. The van der Waals surface area contributed by atoms with Crippen LogP contribution < -0.4 is 0 Å². The quantitative estimate of drug-likeness (QED) is 0.716. The van der Waals surface area contributed by atoms with Crippen molar-refractivity contribution >= 4 is 5.71 Å². The van der Waals surface area contributed by atoms with E-state index >= 15 is 0 Å². The summed E-state index contributed by atoms with van der Waals surface area (Å²) in [5.41, 5.74) is 0.964. The highest BCUT2D eigenvalue weighted by Gasteiger charge is 2.23. The summed E-state index contributed by atoms with van der Waals surface area (Å²) in [5, 5.41) is 6.92. The summed E-state index contributed by atoms with van der Waals surface area (Å²) >= 11 is 0. The summed E-state index contributed by atoms with van der Waals surface area (Å²) in [6, 6.07) is 4.93. The predicted octanol–water partition coefficient (Wildman–Crippen LogP) is 3.27. The Kier molecular flexibility index (Phi) is 3.32. The van der Waals surface area contributed by atoms with Gasteiger partial charge in [0.25, 0.3) is 0 Å². The lowest BCUT2D eigenvalue weighted by atomic mass is 10.00. The molecule has 0 N–H and O–H groups in total.